The number of fused-ring (bicyclic) bond motifs is 1. The minimum atomic E-state index is 0.343. The Kier molecular flexibility index (Phi) is 5.03. The van der Waals surface area contributed by atoms with E-state index in [0.29, 0.717) is 6.10 Å². The lowest BCUT2D eigenvalue weighted by Gasteiger charge is -2.32. The number of rotatable bonds is 5. The molecular weight excluding hydrogens is 290 g/mol. The van der Waals surface area contributed by atoms with Gasteiger partial charge in [0.25, 0.3) is 0 Å². The standard InChI is InChI=1S/C19H25NO3/c1-21-15-6-5-11-20(13-15)12-14-9-10-17(22-2)16-7-4-8-18(23-3)19(14)16/h4,7-10,15H,5-6,11-13H2,1-3H3. The van der Waals surface area contributed by atoms with E-state index in [9.17, 15) is 0 Å². The van der Waals surface area contributed by atoms with Crippen molar-refractivity contribution in [1.29, 1.82) is 0 Å². The van der Waals surface area contributed by atoms with Gasteiger partial charge in [0.15, 0.2) is 0 Å². The molecular formula is C19H25NO3. The number of nitrogens with zero attached hydrogens (tertiary/aromatic N) is 1. The Labute approximate surface area is 137 Å². The van der Waals surface area contributed by atoms with E-state index >= 15 is 0 Å². The fourth-order valence-corrected chi connectivity index (χ4v) is 3.49. The summed E-state index contributed by atoms with van der Waals surface area (Å²) in [6.07, 6.45) is 2.68. The van der Waals surface area contributed by atoms with Crippen molar-refractivity contribution in [1.82, 2.24) is 4.90 Å². The van der Waals surface area contributed by atoms with E-state index in [1.165, 1.54) is 12.0 Å². The van der Waals surface area contributed by atoms with E-state index in [0.717, 1.165) is 48.3 Å². The zero-order valence-corrected chi connectivity index (χ0v) is 14.2. The fourth-order valence-electron chi connectivity index (χ4n) is 3.49. The van der Waals surface area contributed by atoms with Gasteiger partial charge in [0.2, 0.25) is 0 Å². The molecule has 0 spiro atoms. The molecule has 1 fully saturated rings. The van der Waals surface area contributed by atoms with Gasteiger partial charge in [0.05, 0.1) is 20.3 Å². The fraction of sp³-hybridized carbons (Fsp3) is 0.474. The van der Waals surface area contributed by atoms with Crippen LogP contribution in [0.1, 0.15) is 18.4 Å². The number of likely N-dealkylation sites (tertiary alicyclic amines) is 1. The van der Waals surface area contributed by atoms with Gasteiger partial charge in [-0.1, -0.05) is 18.2 Å². The third-order valence-corrected chi connectivity index (χ3v) is 4.68. The molecule has 0 bridgehead atoms. The third kappa shape index (κ3) is 3.28. The van der Waals surface area contributed by atoms with Gasteiger partial charge in [-0.2, -0.15) is 0 Å². The molecule has 4 nitrogen and oxygen atoms in total. The van der Waals surface area contributed by atoms with Crippen LogP contribution in [0.5, 0.6) is 11.5 Å². The quantitative estimate of drug-likeness (QED) is 0.845. The number of ether oxygens (including phenoxy) is 3. The van der Waals surface area contributed by atoms with Crippen LogP contribution < -0.4 is 9.47 Å². The first-order valence-electron chi connectivity index (χ1n) is 8.14. The maximum absolute atomic E-state index is 5.60. The number of hydrogen-bond donors (Lipinski definition) is 0. The topological polar surface area (TPSA) is 30.9 Å². The summed E-state index contributed by atoms with van der Waals surface area (Å²) in [5.74, 6) is 1.78. The first-order chi connectivity index (χ1) is 11.3. The molecule has 1 unspecified atom stereocenters. The van der Waals surface area contributed by atoms with E-state index in [1.54, 1.807) is 21.3 Å². The van der Waals surface area contributed by atoms with Crippen LogP contribution in [0.3, 0.4) is 0 Å². The largest absolute Gasteiger partial charge is 0.496 e. The van der Waals surface area contributed by atoms with E-state index < -0.39 is 0 Å². The number of hydrogen-bond acceptors (Lipinski definition) is 4. The monoisotopic (exact) mass is 315 g/mol. The van der Waals surface area contributed by atoms with Crippen LogP contribution in [0.4, 0.5) is 0 Å². The summed E-state index contributed by atoms with van der Waals surface area (Å²) in [5, 5.41) is 2.25. The highest BCUT2D eigenvalue weighted by molar-refractivity contribution is 5.95. The molecule has 0 aromatic heterocycles. The van der Waals surface area contributed by atoms with Crippen LogP contribution in [-0.2, 0) is 11.3 Å². The molecule has 0 aliphatic carbocycles. The van der Waals surface area contributed by atoms with Crippen molar-refractivity contribution in [3.8, 4) is 11.5 Å². The van der Waals surface area contributed by atoms with Crippen molar-refractivity contribution in [2.75, 3.05) is 34.4 Å². The predicted octanol–water partition coefficient (Wildman–Crippen LogP) is 3.47. The lowest BCUT2D eigenvalue weighted by molar-refractivity contribution is 0.0287. The van der Waals surface area contributed by atoms with Crippen LogP contribution in [0.15, 0.2) is 30.3 Å². The van der Waals surface area contributed by atoms with Crippen molar-refractivity contribution in [3.05, 3.63) is 35.9 Å². The molecule has 124 valence electrons. The summed E-state index contributed by atoms with van der Waals surface area (Å²) >= 11 is 0. The highest BCUT2D eigenvalue weighted by atomic mass is 16.5. The molecule has 1 atom stereocenters. The third-order valence-electron chi connectivity index (χ3n) is 4.68. The summed E-state index contributed by atoms with van der Waals surface area (Å²) < 4.78 is 16.7. The van der Waals surface area contributed by atoms with Gasteiger partial charge < -0.3 is 14.2 Å². The average Bonchev–Trinajstić information content (AvgIpc) is 2.61. The number of piperidine rings is 1. The van der Waals surface area contributed by atoms with Crippen LogP contribution in [0, 0.1) is 0 Å². The second kappa shape index (κ2) is 7.20. The Morgan fingerprint density at radius 2 is 1.87 bits per heavy atom. The Morgan fingerprint density at radius 1 is 1.04 bits per heavy atom. The molecule has 0 N–H and O–H groups in total. The smallest absolute Gasteiger partial charge is 0.127 e. The van der Waals surface area contributed by atoms with Crippen molar-refractivity contribution >= 4 is 10.8 Å². The highest BCUT2D eigenvalue weighted by Gasteiger charge is 2.21. The molecule has 1 heterocycles. The Balaban J connectivity index is 1.97. The molecule has 0 amide bonds. The van der Waals surface area contributed by atoms with Gasteiger partial charge in [-0.25, -0.2) is 0 Å². The maximum atomic E-state index is 5.60. The van der Waals surface area contributed by atoms with Crippen molar-refractivity contribution in [2.24, 2.45) is 0 Å². The Hall–Kier alpha value is -1.78. The van der Waals surface area contributed by atoms with Crippen molar-refractivity contribution in [2.45, 2.75) is 25.5 Å². The summed E-state index contributed by atoms with van der Waals surface area (Å²) in [4.78, 5) is 2.46. The van der Waals surface area contributed by atoms with E-state index in [2.05, 4.69) is 23.1 Å². The average molecular weight is 315 g/mol. The first kappa shape index (κ1) is 16.1. The van der Waals surface area contributed by atoms with Crippen LogP contribution >= 0.6 is 0 Å². The number of methoxy groups -OCH3 is 3. The zero-order chi connectivity index (χ0) is 16.2. The second-order valence-corrected chi connectivity index (χ2v) is 6.04. The molecule has 1 saturated heterocycles. The molecule has 3 rings (SSSR count). The van der Waals surface area contributed by atoms with E-state index in [1.807, 2.05) is 12.1 Å². The summed E-state index contributed by atoms with van der Waals surface area (Å²) in [6, 6.07) is 10.3. The van der Waals surface area contributed by atoms with Crippen molar-refractivity contribution in [3.63, 3.8) is 0 Å². The molecule has 2 aromatic carbocycles. The highest BCUT2D eigenvalue weighted by Crippen LogP contribution is 2.35. The van der Waals surface area contributed by atoms with Gasteiger partial charge in [0.1, 0.15) is 11.5 Å². The summed E-state index contributed by atoms with van der Waals surface area (Å²) in [6.45, 7) is 3.00. The second-order valence-electron chi connectivity index (χ2n) is 6.04. The molecule has 1 aliphatic heterocycles. The lowest BCUT2D eigenvalue weighted by Crippen LogP contribution is -2.38. The van der Waals surface area contributed by atoms with Crippen LogP contribution in [-0.4, -0.2) is 45.4 Å². The SMILES string of the molecule is COc1ccc(CN2CCCC(OC)C2)c2c(OC)cccc12. The van der Waals surface area contributed by atoms with Crippen molar-refractivity contribution < 1.29 is 14.2 Å². The zero-order valence-electron chi connectivity index (χ0n) is 14.2. The van der Waals surface area contributed by atoms with Crippen LogP contribution in [0.2, 0.25) is 0 Å². The summed E-state index contributed by atoms with van der Waals surface area (Å²) in [7, 11) is 5.24. The van der Waals surface area contributed by atoms with Gasteiger partial charge in [-0.3, -0.25) is 4.90 Å². The minimum absolute atomic E-state index is 0.343. The first-order valence-corrected chi connectivity index (χ1v) is 8.14. The maximum Gasteiger partial charge on any atom is 0.127 e. The van der Waals surface area contributed by atoms with Gasteiger partial charge in [-0.05, 0) is 37.1 Å². The predicted molar refractivity (Wildman–Crippen MR) is 92.4 cm³/mol. The molecule has 4 heteroatoms. The van der Waals surface area contributed by atoms with Gasteiger partial charge in [0, 0.05) is 31.0 Å². The summed E-state index contributed by atoms with van der Waals surface area (Å²) in [5.41, 5.74) is 1.27. The van der Waals surface area contributed by atoms with E-state index in [-0.39, 0.29) is 0 Å². The van der Waals surface area contributed by atoms with E-state index in [4.69, 9.17) is 14.2 Å². The van der Waals surface area contributed by atoms with Gasteiger partial charge >= 0.3 is 0 Å². The minimum Gasteiger partial charge on any atom is -0.496 e. The molecule has 0 saturated carbocycles. The Bertz CT molecular complexity index is 671. The molecule has 23 heavy (non-hydrogen) atoms. The molecule has 2 aromatic rings. The van der Waals surface area contributed by atoms with Crippen LogP contribution in [0.25, 0.3) is 10.8 Å². The Morgan fingerprint density at radius 3 is 2.61 bits per heavy atom. The molecule has 0 radical (unpaired) electrons. The molecule has 1 aliphatic rings. The lowest BCUT2D eigenvalue weighted by atomic mass is 10.0. The number of benzene rings is 2. The normalized spacial score (nSPS) is 19.0. The van der Waals surface area contributed by atoms with Gasteiger partial charge in [-0.15, -0.1) is 0 Å².